The van der Waals surface area contributed by atoms with Gasteiger partial charge in [0.2, 0.25) is 0 Å². The average molecular weight is 342 g/mol. The number of hydrogen-bond donors (Lipinski definition) is 1. The van der Waals surface area contributed by atoms with Crippen molar-refractivity contribution >= 4 is 15.9 Å². The van der Waals surface area contributed by atoms with Crippen molar-refractivity contribution in [3.8, 4) is 5.75 Å². The van der Waals surface area contributed by atoms with Gasteiger partial charge in [0.1, 0.15) is 5.75 Å². The largest absolute Gasteiger partial charge is 0.496 e. The second-order valence-corrected chi connectivity index (χ2v) is 6.63. The monoisotopic (exact) mass is 341 g/mol. The van der Waals surface area contributed by atoms with Gasteiger partial charge in [0.25, 0.3) is 0 Å². The van der Waals surface area contributed by atoms with E-state index in [9.17, 15) is 0 Å². The van der Waals surface area contributed by atoms with Gasteiger partial charge in [0, 0.05) is 16.1 Å². The Labute approximate surface area is 132 Å². The molecule has 1 aromatic rings. The number of benzene rings is 1. The van der Waals surface area contributed by atoms with Crippen LogP contribution in [0.15, 0.2) is 22.7 Å². The summed E-state index contributed by atoms with van der Waals surface area (Å²) in [5.41, 5.74) is 1.27. The number of halogens is 1. The van der Waals surface area contributed by atoms with E-state index in [-0.39, 0.29) is 0 Å². The van der Waals surface area contributed by atoms with Gasteiger partial charge in [-0.15, -0.1) is 0 Å². The van der Waals surface area contributed by atoms with E-state index < -0.39 is 0 Å². The zero-order chi connectivity index (χ0) is 15.0. The van der Waals surface area contributed by atoms with Crippen molar-refractivity contribution < 1.29 is 4.74 Å². The molecule has 3 heteroatoms. The summed E-state index contributed by atoms with van der Waals surface area (Å²) >= 11 is 3.51. The van der Waals surface area contributed by atoms with Crippen LogP contribution >= 0.6 is 15.9 Å². The third-order valence-electron chi connectivity index (χ3n) is 3.49. The molecule has 1 atom stereocenters. The van der Waals surface area contributed by atoms with E-state index in [0.29, 0.717) is 6.04 Å². The lowest BCUT2D eigenvalue weighted by molar-refractivity contribution is 0.388. The fourth-order valence-corrected chi connectivity index (χ4v) is 2.73. The Hall–Kier alpha value is -0.540. The van der Waals surface area contributed by atoms with Crippen molar-refractivity contribution in [1.29, 1.82) is 0 Å². The molecule has 114 valence electrons. The Balaban J connectivity index is 2.80. The highest BCUT2D eigenvalue weighted by atomic mass is 79.9. The van der Waals surface area contributed by atoms with E-state index in [0.717, 1.165) is 35.5 Å². The smallest absolute Gasteiger partial charge is 0.124 e. The maximum Gasteiger partial charge on any atom is 0.124 e. The maximum atomic E-state index is 5.54. The minimum absolute atomic E-state index is 0.386. The van der Waals surface area contributed by atoms with Crippen LogP contribution in [0.2, 0.25) is 0 Å². The van der Waals surface area contributed by atoms with Gasteiger partial charge in [-0.3, -0.25) is 0 Å². The van der Waals surface area contributed by atoms with Crippen molar-refractivity contribution in [3.63, 3.8) is 0 Å². The zero-order valence-corrected chi connectivity index (χ0v) is 14.8. The molecule has 1 aromatic carbocycles. The Morgan fingerprint density at radius 1 is 1.25 bits per heavy atom. The Kier molecular flexibility index (Phi) is 8.24. The molecule has 0 aliphatic rings. The van der Waals surface area contributed by atoms with E-state index in [1.54, 1.807) is 7.11 Å². The molecule has 0 heterocycles. The second kappa shape index (κ2) is 9.41. The van der Waals surface area contributed by atoms with E-state index in [4.69, 9.17) is 4.74 Å². The molecule has 1 rings (SSSR count). The SMILES string of the molecule is CCCNC(CCCC(C)C)c1ccc(Br)cc1OC. The van der Waals surface area contributed by atoms with Gasteiger partial charge in [-0.25, -0.2) is 0 Å². The molecule has 0 bridgehead atoms. The molecule has 0 radical (unpaired) electrons. The van der Waals surface area contributed by atoms with Crippen LogP contribution in [-0.2, 0) is 0 Å². The fraction of sp³-hybridized carbons (Fsp3) is 0.647. The normalized spacial score (nSPS) is 12.7. The summed E-state index contributed by atoms with van der Waals surface area (Å²) in [5, 5.41) is 3.66. The second-order valence-electron chi connectivity index (χ2n) is 5.72. The van der Waals surface area contributed by atoms with Gasteiger partial charge < -0.3 is 10.1 Å². The van der Waals surface area contributed by atoms with Crippen molar-refractivity contribution in [1.82, 2.24) is 5.32 Å². The van der Waals surface area contributed by atoms with Crippen molar-refractivity contribution in [3.05, 3.63) is 28.2 Å². The molecule has 0 aromatic heterocycles. The molecule has 1 N–H and O–H groups in total. The molecular formula is C17H28BrNO. The molecule has 0 saturated heterocycles. The van der Waals surface area contributed by atoms with Gasteiger partial charge in [-0.1, -0.05) is 55.6 Å². The van der Waals surface area contributed by atoms with Crippen LogP contribution in [0, 0.1) is 5.92 Å². The summed E-state index contributed by atoms with van der Waals surface area (Å²) in [6, 6.07) is 6.71. The highest BCUT2D eigenvalue weighted by molar-refractivity contribution is 9.10. The quantitative estimate of drug-likeness (QED) is 0.655. The van der Waals surface area contributed by atoms with Gasteiger partial charge >= 0.3 is 0 Å². The number of methoxy groups -OCH3 is 1. The lowest BCUT2D eigenvalue weighted by Gasteiger charge is -2.22. The van der Waals surface area contributed by atoms with Crippen LogP contribution in [0.1, 0.15) is 58.1 Å². The first-order valence-corrected chi connectivity index (χ1v) is 8.44. The Morgan fingerprint density at radius 3 is 2.60 bits per heavy atom. The first kappa shape index (κ1) is 17.5. The molecule has 0 aliphatic heterocycles. The highest BCUT2D eigenvalue weighted by Crippen LogP contribution is 2.31. The third kappa shape index (κ3) is 5.84. The molecule has 2 nitrogen and oxygen atoms in total. The lowest BCUT2D eigenvalue weighted by Crippen LogP contribution is -2.22. The first-order valence-electron chi connectivity index (χ1n) is 7.65. The highest BCUT2D eigenvalue weighted by Gasteiger charge is 2.15. The topological polar surface area (TPSA) is 21.3 Å². The summed E-state index contributed by atoms with van der Waals surface area (Å²) < 4.78 is 6.61. The number of rotatable bonds is 9. The van der Waals surface area contributed by atoms with Gasteiger partial charge in [-0.05, 0) is 37.4 Å². The molecule has 0 aliphatic carbocycles. The summed E-state index contributed by atoms with van der Waals surface area (Å²) in [4.78, 5) is 0. The minimum Gasteiger partial charge on any atom is -0.496 e. The fourth-order valence-electron chi connectivity index (χ4n) is 2.39. The van der Waals surface area contributed by atoms with Crippen LogP contribution in [0.5, 0.6) is 5.75 Å². The molecule has 0 spiro atoms. The molecular weight excluding hydrogens is 314 g/mol. The number of hydrogen-bond acceptors (Lipinski definition) is 2. The van der Waals surface area contributed by atoms with Crippen molar-refractivity contribution in [2.24, 2.45) is 5.92 Å². The summed E-state index contributed by atoms with van der Waals surface area (Å²) in [7, 11) is 1.75. The molecule has 1 unspecified atom stereocenters. The molecule has 0 fully saturated rings. The molecule has 0 amide bonds. The average Bonchev–Trinajstić information content (AvgIpc) is 2.42. The first-order chi connectivity index (χ1) is 9.58. The summed E-state index contributed by atoms with van der Waals surface area (Å²) in [6.45, 7) is 7.83. The van der Waals surface area contributed by atoms with E-state index >= 15 is 0 Å². The van der Waals surface area contributed by atoms with E-state index in [1.165, 1.54) is 18.4 Å². The Bertz CT molecular complexity index is 393. The van der Waals surface area contributed by atoms with Crippen LogP contribution < -0.4 is 10.1 Å². The standard InChI is InChI=1S/C17H28BrNO/c1-5-11-19-16(8-6-7-13(2)3)15-10-9-14(18)12-17(15)20-4/h9-10,12-13,16,19H,5-8,11H2,1-4H3. The van der Waals surface area contributed by atoms with Crippen LogP contribution in [0.4, 0.5) is 0 Å². The van der Waals surface area contributed by atoms with Gasteiger partial charge in [-0.2, -0.15) is 0 Å². The lowest BCUT2D eigenvalue weighted by atomic mass is 9.97. The third-order valence-corrected chi connectivity index (χ3v) is 3.98. The number of nitrogens with one attached hydrogen (secondary N) is 1. The summed E-state index contributed by atoms with van der Waals surface area (Å²) in [6.07, 6.45) is 4.84. The molecule has 0 saturated carbocycles. The Morgan fingerprint density at radius 2 is 2.00 bits per heavy atom. The maximum absolute atomic E-state index is 5.54. The number of ether oxygens (including phenoxy) is 1. The van der Waals surface area contributed by atoms with Gasteiger partial charge in [0.15, 0.2) is 0 Å². The predicted octanol–water partition coefficient (Wildman–Crippen LogP) is 5.32. The predicted molar refractivity (Wildman–Crippen MR) is 90.4 cm³/mol. The van der Waals surface area contributed by atoms with Crippen LogP contribution in [0.25, 0.3) is 0 Å². The van der Waals surface area contributed by atoms with Crippen LogP contribution in [0.3, 0.4) is 0 Å². The zero-order valence-electron chi connectivity index (χ0n) is 13.2. The van der Waals surface area contributed by atoms with E-state index in [2.05, 4.69) is 60.2 Å². The van der Waals surface area contributed by atoms with Crippen molar-refractivity contribution in [2.45, 2.75) is 52.5 Å². The van der Waals surface area contributed by atoms with Crippen molar-refractivity contribution in [2.75, 3.05) is 13.7 Å². The van der Waals surface area contributed by atoms with E-state index in [1.807, 2.05) is 0 Å². The minimum atomic E-state index is 0.386. The van der Waals surface area contributed by atoms with Gasteiger partial charge in [0.05, 0.1) is 7.11 Å². The molecule has 20 heavy (non-hydrogen) atoms. The summed E-state index contributed by atoms with van der Waals surface area (Å²) in [5.74, 6) is 1.74. The van der Waals surface area contributed by atoms with Crippen LogP contribution in [-0.4, -0.2) is 13.7 Å².